The normalized spacial score (nSPS) is 12.1. The van der Waals surface area contributed by atoms with E-state index in [0.29, 0.717) is 11.4 Å². The highest BCUT2D eigenvalue weighted by molar-refractivity contribution is 5.97. The quantitative estimate of drug-likeness (QED) is 0.725. The second kappa shape index (κ2) is 6.34. The second-order valence-electron chi connectivity index (χ2n) is 5.08. The van der Waals surface area contributed by atoms with Gasteiger partial charge in [0.2, 0.25) is 0 Å². The van der Waals surface area contributed by atoms with E-state index in [-0.39, 0.29) is 11.9 Å². The van der Waals surface area contributed by atoms with E-state index in [4.69, 9.17) is 0 Å². The zero-order valence-corrected chi connectivity index (χ0v) is 12.8. The standard InChI is InChI=1S/C14H16N8O/c1-3-11(12-6-9(2)4-5-15-12)18-14(23)10-7-16-19-13(10)22-8-17-20-21-22/h4-8,11H,3H2,1-2H3,(H,16,19)(H,18,23). The Morgan fingerprint density at radius 3 is 3.04 bits per heavy atom. The lowest BCUT2D eigenvalue weighted by Crippen LogP contribution is -2.29. The number of nitrogens with zero attached hydrogens (tertiary/aromatic N) is 6. The van der Waals surface area contributed by atoms with Crippen molar-refractivity contribution in [3.8, 4) is 5.82 Å². The van der Waals surface area contributed by atoms with Crippen molar-refractivity contribution < 1.29 is 4.79 Å². The second-order valence-corrected chi connectivity index (χ2v) is 5.08. The van der Waals surface area contributed by atoms with Crippen molar-refractivity contribution in [2.24, 2.45) is 0 Å². The van der Waals surface area contributed by atoms with Gasteiger partial charge in [-0.2, -0.15) is 9.78 Å². The average Bonchev–Trinajstić information content (AvgIpc) is 3.22. The summed E-state index contributed by atoms with van der Waals surface area (Å²) in [6, 6.07) is 3.70. The first-order valence-corrected chi connectivity index (χ1v) is 7.19. The summed E-state index contributed by atoms with van der Waals surface area (Å²) in [5.41, 5.74) is 2.29. The number of rotatable bonds is 5. The Morgan fingerprint density at radius 1 is 1.48 bits per heavy atom. The van der Waals surface area contributed by atoms with Crippen molar-refractivity contribution >= 4 is 5.91 Å². The number of amides is 1. The van der Waals surface area contributed by atoms with Gasteiger partial charge in [-0.05, 0) is 41.5 Å². The smallest absolute Gasteiger partial charge is 0.257 e. The van der Waals surface area contributed by atoms with E-state index in [2.05, 4.69) is 36.0 Å². The Bertz CT molecular complexity index is 795. The molecule has 0 spiro atoms. The highest BCUT2D eigenvalue weighted by atomic mass is 16.1. The van der Waals surface area contributed by atoms with Crippen molar-refractivity contribution in [3.05, 3.63) is 47.7 Å². The first-order chi connectivity index (χ1) is 11.2. The molecule has 9 nitrogen and oxygen atoms in total. The van der Waals surface area contributed by atoms with Gasteiger partial charge in [-0.1, -0.05) is 6.92 Å². The molecule has 0 saturated heterocycles. The molecule has 3 heterocycles. The predicted octanol–water partition coefficient (Wildman–Crippen LogP) is 0.970. The third-order valence-electron chi connectivity index (χ3n) is 3.45. The van der Waals surface area contributed by atoms with Crippen LogP contribution in [0.25, 0.3) is 5.82 Å². The molecular formula is C14H16N8O. The van der Waals surface area contributed by atoms with Crippen LogP contribution in [0.4, 0.5) is 0 Å². The summed E-state index contributed by atoms with van der Waals surface area (Å²) < 4.78 is 1.35. The van der Waals surface area contributed by atoms with Gasteiger partial charge in [0.25, 0.3) is 5.91 Å². The first kappa shape index (κ1) is 14.8. The number of aromatic amines is 1. The Balaban J connectivity index is 1.83. The molecule has 9 heteroatoms. The van der Waals surface area contributed by atoms with Gasteiger partial charge in [-0.15, -0.1) is 5.10 Å². The zero-order chi connectivity index (χ0) is 16.2. The number of H-pyrrole nitrogens is 1. The van der Waals surface area contributed by atoms with E-state index < -0.39 is 0 Å². The number of hydrogen-bond donors (Lipinski definition) is 2. The Kier molecular flexibility index (Phi) is 4.09. The summed E-state index contributed by atoms with van der Waals surface area (Å²) in [6.45, 7) is 3.98. The van der Waals surface area contributed by atoms with Crippen molar-refractivity contribution in [1.82, 2.24) is 40.7 Å². The highest BCUT2D eigenvalue weighted by Crippen LogP contribution is 2.17. The molecule has 3 rings (SSSR count). The van der Waals surface area contributed by atoms with Crippen LogP contribution in [0, 0.1) is 6.92 Å². The minimum absolute atomic E-state index is 0.181. The van der Waals surface area contributed by atoms with E-state index in [9.17, 15) is 4.79 Å². The molecule has 0 aliphatic heterocycles. The van der Waals surface area contributed by atoms with Crippen molar-refractivity contribution in [1.29, 1.82) is 0 Å². The maximum absolute atomic E-state index is 12.6. The van der Waals surface area contributed by atoms with Crippen LogP contribution in [-0.4, -0.2) is 41.3 Å². The van der Waals surface area contributed by atoms with Crippen LogP contribution in [0.3, 0.4) is 0 Å². The molecule has 0 radical (unpaired) electrons. The van der Waals surface area contributed by atoms with Crippen LogP contribution >= 0.6 is 0 Å². The minimum atomic E-state index is -0.264. The van der Waals surface area contributed by atoms with Gasteiger partial charge in [-0.25, -0.2) is 0 Å². The lowest BCUT2D eigenvalue weighted by molar-refractivity contribution is 0.0934. The maximum Gasteiger partial charge on any atom is 0.257 e. The zero-order valence-electron chi connectivity index (χ0n) is 12.8. The fourth-order valence-electron chi connectivity index (χ4n) is 2.26. The number of aromatic nitrogens is 7. The van der Waals surface area contributed by atoms with Gasteiger partial charge in [0.15, 0.2) is 5.82 Å². The average molecular weight is 312 g/mol. The third-order valence-corrected chi connectivity index (χ3v) is 3.45. The molecule has 3 aromatic rings. The number of carbonyl (C=O) groups excluding carboxylic acids is 1. The fraction of sp³-hybridized carbons (Fsp3) is 0.286. The largest absolute Gasteiger partial charge is 0.344 e. The molecule has 0 bridgehead atoms. The molecule has 1 atom stereocenters. The Hall–Kier alpha value is -3.10. The number of aryl methyl sites for hydroxylation is 1. The van der Waals surface area contributed by atoms with E-state index in [0.717, 1.165) is 17.7 Å². The summed E-state index contributed by atoms with van der Waals surface area (Å²) in [4.78, 5) is 16.9. The molecule has 0 fully saturated rings. The molecule has 118 valence electrons. The van der Waals surface area contributed by atoms with Crippen molar-refractivity contribution in [2.45, 2.75) is 26.3 Å². The van der Waals surface area contributed by atoms with Crippen molar-refractivity contribution in [3.63, 3.8) is 0 Å². The summed E-state index contributed by atoms with van der Waals surface area (Å²) in [6.07, 6.45) is 5.30. The van der Waals surface area contributed by atoms with Gasteiger partial charge in [0, 0.05) is 6.20 Å². The number of carbonyl (C=O) groups is 1. The third kappa shape index (κ3) is 3.07. The maximum atomic E-state index is 12.6. The molecule has 0 aliphatic rings. The van der Waals surface area contributed by atoms with E-state index in [1.807, 2.05) is 26.0 Å². The summed E-state index contributed by atoms with van der Waals surface area (Å²) >= 11 is 0. The number of hydrogen-bond acceptors (Lipinski definition) is 6. The SMILES string of the molecule is CCC(NC(=O)c1cn[nH]c1-n1cnnn1)c1cc(C)ccn1. The number of nitrogens with one attached hydrogen (secondary N) is 2. The monoisotopic (exact) mass is 312 g/mol. The van der Waals surface area contributed by atoms with Crippen LogP contribution in [0.15, 0.2) is 30.9 Å². The Morgan fingerprint density at radius 2 is 2.35 bits per heavy atom. The van der Waals surface area contributed by atoms with E-state index >= 15 is 0 Å². The van der Waals surface area contributed by atoms with Gasteiger partial charge in [-0.3, -0.25) is 14.9 Å². The van der Waals surface area contributed by atoms with Crippen LogP contribution in [0.5, 0.6) is 0 Å². The van der Waals surface area contributed by atoms with E-state index in [1.165, 1.54) is 17.2 Å². The molecule has 0 aliphatic carbocycles. The Labute approximate surface area is 132 Å². The molecular weight excluding hydrogens is 296 g/mol. The number of pyridine rings is 1. The molecule has 23 heavy (non-hydrogen) atoms. The van der Waals surface area contributed by atoms with Gasteiger partial charge >= 0.3 is 0 Å². The molecule has 1 amide bonds. The summed E-state index contributed by atoms with van der Waals surface area (Å²) in [5, 5.41) is 20.5. The van der Waals surface area contributed by atoms with Crippen LogP contribution in [0.2, 0.25) is 0 Å². The fourth-order valence-corrected chi connectivity index (χ4v) is 2.26. The predicted molar refractivity (Wildman–Crippen MR) is 80.8 cm³/mol. The molecule has 2 N–H and O–H groups in total. The molecule has 0 saturated carbocycles. The van der Waals surface area contributed by atoms with E-state index in [1.54, 1.807) is 6.20 Å². The number of tetrazole rings is 1. The van der Waals surface area contributed by atoms with Crippen molar-refractivity contribution in [2.75, 3.05) is 0 Å². The molecule has 1 unspecified atom stereocenters. The van der Waals surface area contributed by atoms with Gasteiger partial charge in [0.1, 0.15) is 11.9 Å². The molecule has 3 aromatic heterocycles. The molecule has 0 aromatic carbocycles. The summed E-state index contributed by atoms with van der Waals surface area (Å²) in [7, 11) is 0. The van der Waals surface area contributed by atoms with Gasteiger partial charge < -0.3 is 5.32 Å². The minimum Gasteiger partial charge on any atom is -0.344 e. The first-order valence-electron chi connectivity index (χ1n) is 7.19. The summed E-state index contributed by atoms with van der Waals surface area (Å²) in [5.74, 6) is 0.152. The van der Waals surface area contributed by atoms with Crippen LogP contribution in [0.1, 0.15) is 41.0 Å². The van der Waals surface area contributed by atoms with Crippen LogP contribution in [-0.2, 0) is 0 Å². The topological polar surface area (TPSA) is 114 Å². The lowest BCUT2D eigenvalue weighted by Gasteiger charge is -2.16. The lowest BCUT2D eigenvalue weighted by atomic mass is 10.1. The highest BCUT2D eigenvalue weighted by Gasteiger charge is 2.20. The van der Waals surface area contributed by atoms with Crippen LogP contribution < -0.4 is 5.32 Å². The van der Waals surface area contributed by atoms with Gasteiger partial charge in [0.05, 0.1) is 17.9 Å².